The summed E-state index contributed by atoms with van der Waals surface area (Å²) in [6.07, 6.45) is 6.61. The van der Waals surface area contributed by atoms with Crippen molar-refractivity contribution < 1.29 is 4.92 Å². The number of nitrogens with zero attached hydrogens (tertiary/aromatic N) is 4. The Morgan fingerprint density at radius 3 is 2.40 bits per heavy atom. The minimum Gasteiger partial charge on any atom is -0.358 e. The van der Waals surface area contributed by atoms with Gasteiger partial charge in [-0.15, -0.1) is 0 Å². The van der Waals surface area contributed by atoms with E-state index in [9.17, 15) is 10.1 Å². The van der Waals surface area contributed by atoms with Crippen LogP contribution in [0.25, 0.3) is 11.1 Å². The van der Waals surface area contributed by atoms with Crippen LogP contribution in [0.2, 0.25) is 0 Å². The fourth-order valence-corrected chi connectivity index (χ4v) is 2.50. The van der Waals surface area contributed by atoms with Gasteiger partial charge in [-0.05, 0) is 30.5 Å². The van der Waals surface area contributed by atoms with E-state index in [2.05, 4.69) is 20.3 Å². The molecule has 126 valence electrons. The normalized spacial score (nSPS) is 11.8. The second-order valence-electron chi connectivity index (χ2n) is 5.75. The van der Waals surface area contributed by atoms with E-state index in [1.165, 1.54) is 12.4 Å². The molecule has 3 rings (SSSR count). The van der Waals surface area contributed by atoms with E-state index in [1.54, 1.807) is 25.5 Å². The highest BCUT2D eigenvalue weighted by molar-refractivity contribution is 5.62. The number of hydrogen-bond acceptors (Lipinski definition) is 6. The van der Waals surface area contributed by atoms with E-state index < -0.39 is 4.92 Å². The van der Waals surface area contributed by atoms with Gasteiger partial charge >= 0.3 is 5.69 Å². The smallest absolute Gasteiger partial charge is 0.311 e. The van der Waals surface area contributed by atoms with Gasteiger partial charge < -0.3 is 5.32 Å². The number of rotatable bonds is 5. The monoisotopic (exact) mass is 335 g/mol. The van der Waals surface area contributed by atoms with Crippen molar-refractivity contribution in [3.05, 3.63) is 76.5 Å². The summed E-state index contributed by atoms with van der Waals surface area (Å²) in [5.74, 6) is 0.267. The molecule has 7 nitrogen and oxygen atoms in total. The molecular formula is C18H17N5O2. The highest BCUT2D eigenvalue weighted by Gasteiger charge is 2.17. The predicted molar refractivity (Wildman–Crippen MR) is 95.1 cm³/mol. The maximum atomic E-state index is 11.2. The number of nitrogens with one attached hydrogen (secondary N) is 1. The summed E-state index contributed by atoms with van der Waals surface area (Å²) >= 11 is 0. The number of nitro groups is 1. The first-order chi connectivity index (χ1) is 12.0. The van der Waals surface area contributed by atoms with Crippen molar-refractivity contribution in [2.45, 2.75) is 19.9 Å². The highest BCUT2D eigenvalue weighted by atomic mass is 16.6. The molecule has 1 aromatic carbocycles. The second kappa shape index (κ2) is 7.04. The molecule has 0 aliphatic carbocycles. The average Bonchev–Trinajstić information content (AvgIpc) is 2.64. The van der Waals surface area contributed by atoms with Gasteiger partial charge in [0.25, 0.3) is 0 Å². The molecule has 1 N–H and O–H groups in total. The molecule has 0 amide bonds. The van der Waals surface area contributed by atoms with Crippen molar-refractivity contribution in [2.24, 2.45) is 0 Å². The third-order valence-electron chi connectivity index (χ3n) is 3.86. The Morgan fingerprint density at radius 1 is 1.08 bits per heavy atom. The van der Waals surface area contributed by atoms with Gasteiger partial charge in [-0.1, -0.05) is 24.3 Å². The van der Waals surface area contributed by atoms with Crippen LogP contribution in [0.15, 0.2) is 55.2 Å². The van der Waals surface area contributed by atoms with E-state index >= 15 is 0 Å². The van der Waals surface area contributed by atoms with E-state index in [1.807, 2.05) is 31.2 Å². The molecule has 0 fully saturated rings. The van der Waals surface area contributed by atoms with Crippen LogP contribution >= 0.6 is 0 Å². The molecule has 0 saturated carbocycles. The molecule has 0 radical (unpaired) electrons. The summed E-state index contributed by atoms with van der Waals surface area (Å²) < 4.78 is 0. The lowest BCUT2D eigenvalue weighted by Crippen LogP contribution is -2.10. The van der Waals surface area contributed by atoms with Crippen molar-refractivity contribution >= 4 is 11.5 Å². The molecule has 0 bridgehead atoms. The second-order valence-corrected chi connectivity index (χ2v) is 5.75. The summed E-state index contributed by atoms with van der Waals surface area (Å²) in [7, 11) is 0. The molecule has 25 heavy (non-hydrogen) atoms. The van der Waals surface area contributed by atoms with Crippen LogP contribution in [0.4, 0.5) is 11.5 Å². The number of hydrogen-bond donors (Lipinski definition) is 1. The van der Waals surface area contributed by atoms with Gasteiger partial charge in [-0.25, -0.2) is 15.0 Å². The number of aromatic nitrogens is 3. The predicted octanol–water partition coefficient (Wildman–Crippen LogP) is 3.93. The van der Waals surface area contributed by atoms with Gasteiger partial charge in [0.05, 0.1) is 11.0 Å². The standard InChI is InChI=1S/C18H17N5O2/c1-12-7-17(23(24)25)18(21-8-12)22-13(2)14-3-5-15(6-4-14)16-9-19-11-20-10-16/h3-11,13H,1-2H3,(H,21,22)/t13-/m1/s1. The molecule has 0 aliphatic rings. The first kappa shape index (κ1) is 16.5. The first-order valence-electron chi connectivity index (χ1n) is 7.77. The van der Waals surface area contributed by atoms with Gasteiger partial charge in [0.15, 0.2) is 0 Å². The highest BCUT2D eigenvalue weighted by Crippen LogP contribution is 2.27. The average molecular weight is 335 g/mol. The van der Waals surface area contributed by atoms with Gasteiger partial charge in [-0.2, -0.15) is 0 Å². The Bertz CT molecular complexity index is 882. The van der Waals surface area contributed by atoms with Crippen molar-refractivity contribution in [1.29, 1.82) is 0 Å². The van der Waals surface area contributed by atoms with Gasteiger partial charge in [0.1, 0.15) is 6.33 Å². The third-order valence-corrected chi connectivity index (χ3v) is 3.86. The van der Waals surface area contributed by atoms with Crippen molar-refractivity contribution in [3.8, 4) is 11.1 Å². The molecule has 0 aliphatic heterocycles. The summed E-state index contributed by atoms with van der Waals surface area (Å²) in [6.45, 7) is 3.71. The number of aryl methyl sites for hydroxylation is 1. The molecule has 3 aromatic rings. The van der Waals surface area contributed by atoms with Gasteiger partial charge in [-0.3, -0.25) is 10.1 Å². The molecule has 0 saturated heterocycles. The van der Waals surface area contributed by atoms with Gasteiger partial charge in [0.2, 0.25) is 5.82 Å². The fourth-order valence-electron chi connectivity index (χ4n) is 2.50. The number of pyridine rings is 1. The number of benzene rings is 1. The molecular weight excluding hydrogens is 318 g/mol. The molecule has 1 atom stereocenters. The largest absolute Gasteiger partial charge is 0.358 e. The van der Waals surface area contributed by atoms with Crippen LogP contribution < -0.4 is 5.32 Å². The lowest BCUT2D eigenvalue weighted by molar-refractivity contribution is -0.384. The van der Waals surface area contributed by atoms with Crippen molar-refractivity contribution in [2.75, 3.05) is 5.32 Å². The number of anilines is 1. The Morgan fingerprint density at radius 2 is 1.76 bits per heavy atom. The van der Waals surface area contributed by atoms with E-state index in [0.29, 0.717) is 0 Å². The summed E-state index contributed by atoms with van der Waals surface area (Å²) in [4.78, 5) is 23.0. The van der Waals surface area contributed by atoms with Crippen molar-refractivity contribution in [3.63, 3.8) is 0 Å². The SMILES string of the molecule is Cc1cnc(N[C@H](C)c2ccc(-c3cncnc3)cc2)c([N+](=O)[O-])c1. The summed E-state index contributed by atoms with van der Waals surface area (Å²) in [6, 6.07) is 9.28. The van der Waals surface area contributed by atoms with Crippen LogP contribution in [0.5, 0.6) is 0 Å². The summed E-state index contributed by atoms with van der Waals surface area (Å²) in [5, 5.41) is 14.3. The van der Waals surface area contributed by atoms with E-state index in [-0.39, 0.29) is 17.5 Å². The molecule has 7 heteroatoms. The Hall–Kier alpha value is -3.35. The summed E-state index contributed by atoms with van der Waals surface area (Å²) in [5.41, 5.74) is 3.67. The van der Waals surface area contributed by atoms with Crippen LogP contribution in [-0.4, -0.2) is 19.9 Å². The topological polar surface area (TPSA) is 93.8 Å². The van der Waals surface area contributed by atoms with Crippen LogP contribution in [-0.2, 0) is 0 Å². The van der Waals surface area contributed by atoms with Crippen molar-refractivity contribution in [1.82, 2.24) is 15.0 Å². The lowest BCUT2D eigenvalue weighted by atomic mass is 10.0. The zero-order chi connectivity index (χ0) is 17.8. The Balaban J connectivity index is 1.80. The maximum absolute atomic E-state index is 11.2. The third kappa shape index (κ3) is 3.77. The zero-order valence-electron chi connectivity index (χ0n) is 13.9. The first-order valence-corrected chi connectivity index (χ1v) is 7.77. The minimum absolute atomic E-state index is 0.0232. The molecule has 2 heterocycles. The quantitative estimate of drug-likeness (QED) is 0.561. The van der Waals surface area contributed by atoms with Crippen LogP contribution in [0.1, 0.15) is 24.1 Å². The fraction of sp³-hybridized carbons (Fsp3) is 0.167. The van der Waals surface area contributed by atoms with Gasteiger partial charge in [0, 0.05) is 30.2 Å². The lowest BCUT2D eigenvalue weighted by Gasteiger charge is -2.15. The molecule has 0 unspecified atom stereocenters. The Labute approximate surface area is 145 Å². The maximum Gasteiger partial charge on any atom is 0.311 e. The Kier molecular flexibility index (Phi) is 4.65. The molecule has 2 aromatic heterocycles. The van der Waals surface area contributed by atoms with Crippen LogP contribution in [0.3, 0.4) is 0 Å². The minimum atomic E-state index is -0.423. The van der Waals surface area contributed by atoms with E-state index in [0.717, 1.165) is 22.3 Å². The van der Waals surface area contributed by atoms with E-state index in [4.69, 9.17) is 0 Å². The zero-order valence-corrected chi connectivity index (χ0v) is 13.9. The molecule has 0 spiro atoms. The van der Waals surface area contributed by atoms with Crippen LogP contribution in [0, 0.1) is 17.0 Å².